The third-order valence-corrected chi connectivity index (χ3v) is 3.69. The van der Waals surface area contributed by atoms with Crippen molar-refractivity contribution in [3.8, 4) is 0 Å². The monoisotopic (exact) mass is 329 g/mol. The molecule has 0 aliphatic heterocycles. The summed E-state index contributed by atoms with van der Waals surface area (Å²) in [5, 5.41) is 10.5. The lowest BCUT2D eigenvalue weighted by atomic mass is 9.97. The summed E-state index contributed by atoms with van der Waals surface area (Å²) in [5.74, 6) is 1.96. The molecule has 6 heteroatoms. The van der Waals surface area contributed by atoms with Crippen LogP contribution in [0.15, 0.2) is 27.7 Å². The second-order valence-electron chi connectivity index (χ2n) is 6.98. The number of nitrogens with zero attached hydrogens (tertiary/aromatic N) is 3. The predicted molar refractivity (Wildman–Crippen MR) is 96.0 cm³/mol. The maximum atomic E-state index is 5.29. The van der Waals surface area contributed by atoms with Gasteiger partial charge in [-0.15, -0.1) is 0 Å². The van der Waals surface area contributed by atoms with E-state index in [2.05, 4.69) is 57.8 Å². The van der Waals surface area contributed by atoms with E-state index in [4.69, 9.17) is 4.52 Å². The lowest BCUT2D eigenvalue weighted by Gasteiger charge is -2.12. The Hall–Kier alpha value is -2.37. The zero-order valence-corrected chi connectivity index (χ0v) is 15.4. The third kappa shape index (κ3) is 4.81. The lowest BCUT2D eigenvalue weighted by Crippen LogP contribution is -2.36. The van der Waals surface area contributed by atoms with Crippen LogP contribution in [0, 0.1) is 13.8 Å². The SMILES string of the molecule is CN=C(NCc1noc(C(C)(C)C)n1)NCc1ccc(C)cc1C. The Morgan fingerprint density at radius 3 is 2.46 bits per heavy atom. The van der Waals surface area contributed by atoms with Gasteiger partial charge in [-0.25, -0.2) is 0 Å². The predicted octanol–water partition coefficient (Wildman–Crippen LogP) is 2.85. The van der Waals surface area contributed by atoms with Crippen LogP contribution >= 0.6 is 0 Å². The number of aryl methyl sites for hydroxylation is 2. The summed E-state index contributed by atoms with van der Waals surface area (Å²) in [5.41, 5.74) is 3.64. The summed E-state index contributed by atoms with van der Waals surface area (Å²) in [7, 11) is 1.74. The van der Waals surface area contributed by atoms with Crippen LogP contribution in [0.3, 0.4) is 0 Å². The largest absolute Gasteiger partial charge is 0.352 e. The van der Waals surface area contributed by atoms with E-state index in [0.717, 1.165) is 0 Å². The van der Waals surface area contributed by atoms with E-state index in [1.165, 1.54) is 16.7 Å². The molecule has 24 heavy (non-hydrogen) atoms. The minimum atomic E-state index is -0.145. The van der Waals surface area contributed by atoms with Crippen LogP contribution in [0.4, 0.5) is 0 Å². The summed E-state index contributed by atoms with van der Waals surface area (Å²) in [4.78, 5) is 8.64. The van der Waals surface area contributed by atoms with Crippen LogP contribution in [0.2, 0.25) is 0 Å². The third-order valence-electron chi connectivity index (χ3n) is 3.69. The Kier molecular flexibility index (Phi) is 5.59. The van der Waals surface area contributed by atoms with E-state index in [0.29, 0.717) is 30.8 Å². The molecule has 2 rings (SSSR count). The molecule has 0 saturated carbocycles. The molecule has 130 valence electrons. The normalized spacial score (nSPS) is 12.3. The van der Waals surface area contributed by atoms with Crippen molar-refractivity contribution in [2.75, 3.05) is 7.05 Å². The van der Waals surface area contributed by atoms with Gasteiger partial charge in [0.15, 0.2) is 11.8 Å². The van der Waals surface area contributed by atoms with Gasteiger partial charge in [-0.3, -0.25) is 4.99 Å². The van der Waals surface area contributed by atoms with Gasteiger partial charge in [-0.2, -0.15) is 4.98 Å². The van der Waals surface area contributed by atoms with Crippen molar-refractivity contribution in [3.63, 3.8) is 0 Å². The van der Waals surface area contributed by atoms with Gasteiger partial charge in [-0.05, 0) is 25.0 Å². The Labute approximate surface area is 143 Å². The van der Waals surface area contributed by atoms with Crippen LogP contribution < -0.4 is 10.6 Å². The molecule has 0 saturated heterocycles. The first kappa shape index (κ1) is 18.0. The van der Waals surface area contributed by atoms with E-state index in [9.17, 15) is 0 Å². The molecule has 0 aliphatic carbocycles. The highest BCUT2D eigenvalue weighted by atomic mass is 16.5. The van der Waals surface area contributed by atoms with Crippen LogP contribution in [-0.2, 0) is 18.5 Å². The van der Waals surface area contributed by atoms with E-state index >= 15 is 0 Å². The van der Waals surface area contributed by atoms with Gasteiger partial charge in [-0.1, -0.05) is 49.7 Å². The van der Waals surface area contributed by atoms with Crippen molar-refractivity contribution in [1.29, 1.82) is 0 Å². The number of guanidine groups is 1. The summed E-state index contributed by atoms with van der Waals surface area (Å²) >= 11 is 0. The topological polar surface area (TPSA) is 75.3 Å². The Balaban J connectivity index is 1.90. The van der Waals surface area contributed by atoms with Gasteiger partial charge in [0.05, 0.1) is 6.54 Å². The summed E-state index contributed by atoms with van der Waals surface area (Å²) in [6.45, 7) is 11.5. The Bertz CT molecular complexity index is 712. The number of hydrogen-bond donors (Lipinski definition) is 2. The molecule has 2 N–H and O–H groups in total. The highest BCUT2D eigenvalue weighted by Crippen LogP contribution is 2.19. The molecule has 0 spiro atoms. The molecular formula is C18H27N5O. The van der Waals surface area contributed by atoms with E-state index in [1.54, 1.807) is 7.05 Å². The molecule has 0 bridgehead atoms. The molecule has 1 aromatic heterocycles. The van der Waals surface area contributed by atoms with E-state index < -0.39 is 0 Å². The minimum Gasteiger partial charge on any atom is -0.352 e. The quantitative estimate of drug-likeness (QED) is 0.666. The maximum absolute atomic E-state index is 5.29. The van der Waals surface area contributed by atoms with E-state index in [1.807, 2.05) is 20.8 Å². The van der Waals surface area contributed by atoms with Crippen molar-refractivity contribution in [2.45, 2.75) is 53.1 Å². The minimum absolute atomic E-state index is 0.145. The van der Waals surface area contributed by atoms with Crippen molar-refractivity contribution in [3.05, 3.63) is 46.6 Å². The molecule has 0 unspecified atom stereocenters. The molecule has 2 aromatic rings. The molecule has 1 aromatic carbocycles. The molecule has 0 fully saturated rings. The molecule has 6 nitrogen and oxygen atoms in total. The number of nitrogens with one attached hydrogen (secondary N) is 2. The van der Waals surface area contributed by atoms with Gasteiger partial charge in [0.1, 0.15) is 0 Å². The van der Waals surface area contributed by atoms with Crippen LogP contribution in [-0.4, -0.2) is 23.1 Å². The van der Waals surface area contributed by atoms with Gasteiger partial charge in [0.25, 0.3) is 0 Å². The summed E-state index contributed by atoms with van der Waals surface area (Å²) in [6.07, 6.45) is 0. The smallest absolute Gasteiger partial charge is 0.232 e. The number of aromatic nitrogens is 2. The lowest BCUT2D eigenvalue weighted by molar-refractivity contribution is 0.318. The molecule has 0 radical (unpaired) electrons. The van der Waals surface area contributed by atoms with Gasteiger partial charge >= 0.3 is 0 Å². The Morgan fingerprint density at radius 2 is 1.88 bits per heavy atom. The number of benzene rings is 1. The van der Waals surface area contributed by atoms with Gasteiger partial charge in [0, 0.05) is 19.0 Å². The second-order valence-corrected chi connectivity index (χ2v) is 6.98. The molecule has 0 amide bonds. The summed E-state index contributed by atoms with van der Waals surface area (Å²) < 4.78 is 5.29. The number of hydrogen-bond acceptors (Lipinski definition) is 4. The van der Waals surface area contributed by atoms with Crippen LogP contribution in [0.1, 0.15) is 49.2 Å². The fraction of sp³-hybridized carbons (Fsp3) is 0.500. The summed E-state index contributed by atoms with van der Waals surface area (Å²) in [6, 6.07) is 6.44. The van der Waals surface area contributed by atoms with Crippen LogP contribution in [0.25, 0.3) is 0 Å². The zero-order chi connectivity index (χ0) is 17.7. The highest BCUT2D eigenvalue weighted by Gasteiger charge is 2.21. The maximum Gasteiger partial charge on any atom is 0.232 e. The van der Waals surface area contributed by atoms with Crippen LogP contribution in [0.5, 0.6) is 0 Å². The standard InChI is InChI=1S/C18H27N5O/c1-12-7-8-14(13(2)9-12)10-20-17(19-6)21-11-15-22-16(24-23-15)18(3,4)5/h7-9H,10-11H2,1-6H3,(H2,19,20,21). The zero-order valence-electron chi connectivity index (χ0n) is 15.4. The van der Waals surface area contributed by atoms with E-state index in [-0.39, 0.29) is 5.41 Å². The molecule has 0 atom stereocenters. The molecule has 1 heterocycles. The molecular weight excluding hydrogens is 302 g/mol. The fourth-order valence-corrected chi connectivity index (χ4v) is 2.24. The van der Waals surface area contributed by atoms with Crippen molar-refractivity contribution >= 4 is 5.96 Å². The van der Waals surface area contributed by atoms with Crippen molar-refractivity contribution in [1.82, 2.24) is 20.8 Å². The highest BCUT2D eigenvalue weighted by molar-refractivity contribution is 5.79. The Morgan fingerprint density at radius 1 is 1.17 bits per heavy atom. The number of rotatable bonds is 4. The van der Waals surface area contributed by atoms with Crippen molar-refractivity contribution < 1.29 is 4.52 Å². The van der Waals surface area contributed by atoms with Gasteiger partial charge in [0.2, 0.25) is 5.89 Å². The average Bonchev–Trinajstić information content (AvgIpc) is 2.98. The first-order valence-electron chi connectivity index (χ1n) is 8.13. The fourth-order valence-electron chi connectivity index (χ4n) is 2.24. The molecule has 0 aliphatic rings. The average molecular weight is 329 g/mol. The van der Waals surface area contributed by atoms with Gasteiger partial charge < -0.3 is 15.2 Å². The first-order chi connectivity index (χ1) is 11.3. The number of aliphatic imine (C=N–C) groups is 1. The second kappa shape index (κ2) is 7.47. The van der Waals surface area contributed by atoms with Crippen molar-refractivity contribution in [2.24, 2.45) is 4.99 Å². The first-order valence-corrected chi connectivity index (χ1v) is 8.13.